The van der Waals surface area contributed by atoms with Gasteiger partial charge in [0.15, 0.2) is 0 Å². The van der Waals surface area contributed by atoms with Gasteiger partial charge in [-0.2, -0.15) is 0 Å². The number of nitrogens with one attached hydrogen (secondary N) is 1. The van der Waals surface area contributed by atoms with E-state index in [-0.39, 0.29) is 0 Å². The summed E-state index contributed by atoms with van der Waals surface area (Å²) in [5.74, 6) is 0.717. The van der Waals surface area contributed by atoms with Crippen LogP contribution >= 0.6 is 15.9 Å². The van der Waals surface area contributed by atoms with Gasteiger partial charge in [-0.25, -0.2) is 8.42 Å². The molecule has 1 aliphatic heterocycles. The van der Waals surface area contributed by atoms with Crippen LogP contribution in [0.3, 0.4) is 0 Å². The molecule has 9 heteroatoms. The molecule has 0 unspecified atom stereocenters. The smallest absolute Gasteiger partial charge is 0.229 e. The summed E-state index contributed by atoms with van der Waals surface area (Å²) in [7, 11) is -1.68. The van der Waals surface area contributed by atoms with Gasteiger partial charge in [0.1, 0.15) is 5.75 Å². The fourth-order valence-electron chi connectivity index (χ4n) is 3.65. The molecule has 1 saturated heterocycles. The summed E-state index contributed by atoms with van der Waals surface area (Å²) < 4.78 is 32.0. The lowest BCUT2D eigenvalue weighted by molar-refractivity contribution is 0.336. The zero-order valence-corrected chi connectivity index (χ0v) is 19.7. The average molecular weight is 503 g/mol. The van der Waals surface area contributed by atoms with Crippen LogP contribution in [0.4, 0.5) is 11.4 Å². The van der Waals surface area contributed by atoms with E-state index in [1.165, 1.54) is 0 Å². The van der Waals surface area contributed by atoms with E-state index in [1.807, 2.05) is 47.5 Å². The summed E-state index contributed by atoms with van der Waals surface area (Å²) in [5.41, 5.74) is 3.13. The Balaban J connectivity index is 1.72. The normalized spacial score (nSPS) is 14.5. The predicted molar refractivity (Wildman–Crippen MR) is 127 cm³/mol. The molecule has 0 aliphatic carbocycles. The molecule has 0 saturated carbocycles. The maximum absolute atomic E-state index is 11.5. The molecule has 7 nitrogen and oxygen atoms in total. The van der Waals surface area contributed by atoms with Crippen molar-refractivity contribution in [2.75, 3.05) is 31.2 Å². The first-order chi connectivity index (χ1) is 14.8. The van der Waals surface area contributed by atoms with Gasteiger partial charge in [-0.3, -0.25) is 9.73 Å². The Morgan fingerprint density at radius 3 is 2.45 bits per heavy atom. The molecule has 0 atom stereocenters. The Kier molecular flexibility index (Phi) is 6.15. The van der Waals surface area contributed by atoms with E-state index in [2.05, 4.69) is 31.0 Å². The number of rotatable bonds is 6. The third-order valence-electron chi connectivity index (χ3n) is 5.06. The fourth-order valence-corrected chi connectivity index (χ4v) is 4.82. The van der Waals surface area contributed by atoms with Gasteiger partial charge in [-0.15, -0.1) is 5.11 Å². The largest absolute Gasteiger partial charge is 0.495 e. The highest BCUT2D eigenvalue weighted by Crippen LogP contribution is 2.41. The third-order valence-corrected chi connectivity index (χ3v) is 6.25. The van der Waals surface area contributed by atoms with Gasteiger partial charge in [0.2, 0.25) is 10.0 Å². The van der Waals surface area contributed by atoms with Gasteiger partial charge in [0, 0.05) is 24.3 Å². The Morgan fingerprint density at radius 2 is 1.74 bits per heavy atom. The molecule has 0 bridgehead atoms. The summed E-state index contributed by atoms with van der Waals surface area (Å²) >= 11 is 3.59. The molecule has 1 heterocycles. The maximum atomic E-state index is 11.5. The molecular formula is C22H23BrN4O3S. The van der Waals surface area contributed by atoms with Crippen LogP contribution in [0.2, 0.25) is 0 Å². The molecule has 4 rings (SSSR count). The highest BCUT2D eigenvalue weighted by Gasteiger charge is 2.14. The Morgan fingerprint density at radius 1 is 1.03 bits per heavy atom. The third kappa shape index (κ3) is 5.16. The SMILES string of the molecule is COc1c(Br)cc(/N=N/N2CCCC2)cc1-c1ccc2cc(NS(C)(=O)=O)ccc2c1. The number of halogens is 1. The number of sulfonamides is 1. The monoisotopic (exact) mass is 502 g/mol. The molecule has 1 N–H and O–H groups in total. The van der Waals surface area contributed by atoms with Crippen molar-refractivity contribution in [1.82, 2.24) is 5.01 Å². The van der Waals surface area contributed by atoms with Crippen LogP contribution in [-0.2, 0) is 10.0 Å². The molecule has 0 spiro atoms. The fraction of sp³-hybridized carbons (Fsp3) is 0.273. The minimum Gasteiger partial charge on any atom is -0.495 e. The van der Waals surface area contributed by atoms with E-state index >= 15 is 0 Å². The van der Waals surface area contributed by atoms with Crippen molar-refractivity contribution in [3.8, 4) is 16.9 Å². The highest BCUT2D eigenvalue weighted by atomic mass is 79.9. The minimum atomic E-state index is -3.32. The topological polar surface area (TPSA) is 83.4 Å². The number of benzene rings is 3. The second-order valence-electron chi connectivity index (χ2n) is 7.51. The van der Waals surface area contributed by atoms with Crippen LogP contribution in [0.25, 0.3) is 21.9 Å². The lowest BCUT2D eigenvalue weighted by Crippen LogP contribution is -2.09. The summed E-state index contributed by atoms with van der Waals surface area (Å²) in [4.78, 5) is 0. The predicted octanol–water partition coefficient (Wildman–Crippen LogP) is 5.74. The van der Waals surface area contributed by atoms with Crippen molar-refractivity contribution in [1.29, 1.82) is 0 Å². The number of ether oxygens (including phenoxy) is 1. The first-order valence-corrected chi connectivity index (χ1v) is 12.6. The van der Waals surface area contributed by atoms with Crippen LogP contribution < -0.4 is 9.46 Å². The molecule has 31 heavy (non-hydrogen) atoms. The Labute approximate surface area is 190 Å². The Hall–Kier alpha value is -2.65. The number of hydrogen-bond donors (Lipinski definition) is 1. The maximum Gasteiger partial charge on any atom is 0.229 e. The molecule has 1 fully saturated rings. The van der Waals surface area contributed by atoms with E-state index in [9.17, 15) is 8.42 Å². The molecule has 162 valence electrons. The molecule has 3 aromatic rings. The van der Waals surface area contributed by atoms with Crippen molar-refractivity contribution >= 4 is 48.1 Å². The minimum absolute atomic E-state index is 0.535. The van der Waals surface area contributed by atoms with Gasteiger partial charge < -0.3 is 4.74 Å². The van der Waals surface area contributed by atoms with Crippen molar-refractivity contribution in [2.45, 2.75) is 12.8 Å². The van der Waals surface area contributed by atoms with E-state index in [0.717, 1.165) is 70.0 Å². The van der Waals surface area contributed by atoms with E-state index in [1.54, 1.807) is 13.2 Å². The van der Waals surface area contributed by atoms with Crippen LogP contribution in [0.5, 0.6) is 5.75 Å². The van der Waals surface area contributed by atoms with Crippen LogP contribution in [0.15, 0.2) is 63.3 Å². The van der Waals surface area contributed by atoms with E-state index in [0.29, 0.717) is 5.69 Å². The second-order valence-corrected chi connectivity index (χ2v) is 10.1. The number of nitrogens with zero attached hydrogens (tertiary/aromatic N) is 3. The van der Waals surface area contributed by atoms with E-state index < -0.39 is 10.0 Å². The van der Waals surface area contributed by atoms with Crippen LogP contribution in [0, 0.1) is 0 Å². The molecule has 3 aromatic carbocycles. The standard InChI is InChI=1S/C22H23BrN4O3S/c1-30-22-20(13-19(14-21(22)23)24-26-27-9-3-4-10-27)17-6-5-16-12-18(25-31(2,28)29)8-7-15(16)11-17/h5-8,11-14,25H,3-4,9-10H2,1-2H3/b26-24+. The average Bonchev–Trinajstić information content (AvgIpc) is 3.24. The number of anilines is 1. The summed E-state index contributed by atoms with van der Waals surface area (Å²) in [6.45, 7) is 1.88. The highest BCUT2D eigenvalue weighted by molar-refractivity contribution is 9.10. The zero-order chi connectivity index (χ0) is 22.0. The lowest BCUT2D eigenvalue weighted by Gasteiger charge is -2.13. The first-order valence-electron chi connectivity index (χ1n) is 9.88. The van der Waals surface area contributed by atoms with Crippen molar-refractivity contribution < 1.29 is 13.2 Å². The summed E-state index contributed by atoms with van der Waals surface area (Å²) in [5, 5.41) is 12.7. The van der Waals surface area contributed by atoms with Gasteiger partial charge in [-0.1, -0.05) is 23.4 Å². The van der Waals surface area contributed by atoms with Crippen LogP contribution in [0.1, 0.15) is 12.8 Å². The zero-order valence-electron chi connectivity index (χ0n) is 17.3. The molecule has 0 amide bonds. The van der Waals surface area contributed by atoms with Gasteiger partial charge >= 0.3 is 0 Å². The second kappa shape index (κ2) is 8.84. The van der Waals surface area contributed by atoms with Crippen LogP contribution in [-0.4, -0.2) is 39.9 Å². The molecule has 1 aliphatic rings. The molecule has 0 aromatic heterocycles. The van der Waals surface area contributed by atoms with Crippen molar-refractivity contribution in [3.05, 3.63) is 53.0 Å². The van der Waals surface area contributed by atoms with Gasteiger partial charge in [0.25, 0.3) is 0 Å². The van der Waals surface area contributed by atoms with Gasteiger partial charge in [-0.05, 0) is 75.4 Å². The number of methoxy groups -OCH3 is 1. The number of fused-ring (bicyclic) bond motifs is 1. The quantitative estimate of drug-likeness (QED) is 0.435. The van der Waals surface area contributed by atoms with Crippen molar-refractivity contribution in [2.24, 2.45) is 10.3 Å². The molecular weight excluding hydrogens is 480 g/mol. The number of hydrogen-bond acceptors (Lipinski definition) is 5. The van der Waals surface area contributed by atoms with E-state index in [4.69, 9.17) is 4.74 Å². The summed E-state index contributed by atoms with van der Waals surface area (Å²) in [6.07, 6.45) is 3.43. The lowest BCUT2D eigenvalue weighted by atomic mass is 9.99. The van der Waals surface area contributed by atoms with Gasteiger partial charge in [0.05, 0.1) is 23.5 Å². The molecule has 0 radical (unpaired) electrons. The Bertz CT molecular complexity index is 1260. The van der Waals surface area contributed by atoms with Crippen molar-refractivity contribution in [3.63, 3.8) is 0 Å². The summed E-state index contributed by atoms with van der Waals surface area (Å²) in [6, 6.07) is 15.3. The first kappa shape index (κ1) is 21.6.